The molecule has 0 saturated heterocycles. The van der Waals surface area contributed by atoms with E-state index >= 15 is 0 Å². The van der Waals surface area contributed by atoms with Crippen LogP contribution in [-0.2, 0) is 0 Å². The van der Waals surface area contributed by atoms with E-state index in [0.29, 0.717) is 21.7 Å². The molecule has 22 heavy (non-hydrogen) atoms. The number of rotatable bonds is 3. The Kier molecular flexibility index (Phi) is 3.84. The van der Waals surface area contributed by atoms with Crippen molar-refractivity contribution in [3.8, 4) is 0 Å². The molecule has 0 atom stereocenters. The van der Waals surface area contributed by atoms with E-state index in [-0.39, 0.29) is 5.91 Å². The number of hydrogen-bond acceptors (Lipinski definition) is 5. The van der Waals surface area contributed by atoms with Crippen molar-refractivity contribution in [2.24, 2.45) is 5.10 Å². The summed E-state index contributed by atoms with van der Waals surface area (Å²) in [6.07, 6.45) is 0. The molecule has 5 nitrogen and oxygen atoms in total. The highest BCUT2D eigenvalue weighted by Gasteiger charge is 2.10. The second-order valence-corrected chi connectivity index (χ2v) is 5.55. The number of benzene rings is 1. The van der Waals surface area contributed by atoms with Gasteiger partial charge in [-0.1, -0.05) is 24.3 Å². The molecule has 3 aromatic rings. The van der Waals surface area contributed by atoms with Crippen LogP contribution in [0.2, 0.25) is 0 Å². The summed E-state index contributed by atoms with van der Waals surface area (Å²) in [5.74, 6) is -0.306. The van der Waals surface area contributed by atoms with Crippen LogP contribution in [0.15, 0.2) is 62.2 Å². The number of nitrogens with zero attached hydrogens (tertiary/aromatic N) is 1. The third-order valence-corrected chi connectivity index (χ3v) is 3.97. The third-order valence-electron chi connectivity index (χ3n) is 3.10. The summed E-state index contributed by atoms with van der Waals surface area (Å²) >= 11 is 1.32. The second kappa shape index (κ2) is 5.95. The van der Waals surface area contributed by atoms with E-state index in [1.54, 1.807) is 37.3 Å². The minimum absolute atomic E-state index is 0.306. The Morgan fingerprint density at radius 1 is 1.23 bits per heavy atom. The highest BCUT2D eigenvalue weighted by molar-refractivity contribution is 7.12. The molecule has 0 aliphatic carbocycles. The van der Waals surface area contributed by atoms with Crippen LogP contribution in [0.4, 0.5) is 0 Å². The molecule has 2 aromatic heterocycles. The van der Waals surface area contributed by atoms with Crippen molar-refractivity contribution in [2.45, 2.75) is 6.92 Å². The summed E-state index contributed by atoms with van der Waals surface area (Å²) in [7, 11) is 0. The van der Waals surface area contributed by atoms with Crippen molar-refractivity contribution < 1.29 is 9.21 Å². The molecular weight excluding hydrogens is 300 g/mol. The van der Waals surface area contributed by atoms with E-state index in [1.165, 1.54) is 11.3 Å². The van der Waals surface area contributed by atoms with Crippen molar-refractivity contribution in [3.63, 3.8) is 0 Å². The molecule has 0 fully saturated rings. The molecule has 1 amide bonds. The van der Waals surface area contributed by atoms with Gasteiger partial charge in [0.05, 0.1) is 16.2 Å². The highest BCUT2D eigenvalue weighted by atomic mass is 32.1. The number of para-hydroxylation sites is 1. The van der Waals surface area contributed by atoms with Crippen LogP contribution in [0.25, 0.3) is 11.0 Å². The van der Waals surface area contributed by atoms with Crippen molar-refractivity contribution in [2.75, 3.05) is 0 Å². The topological polar surface area (TPSA) is 71.7 Å². The number of fused-ring (bicyclic) bond motifs is 1. The molecule has 6 heteroatoms. The normalized spacial score (nSPS) is 11.6. The molecule has 2 heterocycles. The summed E-state index contributed by atoms with van der Waals surface area (Å²) in [5, 5.41) is 6.59. The predicted octanol–water partition coefficient (Wildman–Crippen LogP) is 3.01. The van der Waals surface area contributed by atoms with Gasteiger partial charge >= 0.3 is 5.63 Å². The standard InChI is InChI=1S/C16H12N2O3S/c1-10(17-18-15(19)14-7-4-8-22-14)12-9-11-5-2-3-6-13(11)21-16(12)20/h2-9H,1H3,(H,18,19)/b17-10-. The summed E-state index contributed by atoms with van der Waals surface area (Å²) in [4.78, 5) is 24.4. The number of thiophene rings is 1. The molecule has 110 valence electrons. The zero-order chi connectivity index (χ0) is 15.5. The monoisotopic (exact) mass is 312 g/mol. The van der Waals surface area contributed by atoms with Gasteiger partial charge in [0.2, 0.25) is 0 Å². The van der Waals surface area contributed by atoms with Gasteiger partial charge in [0.25, 0.3) is 5.91 Å². The van der Waals surface area contributed by atoms with Gasteiger partial charge in [0.15, 0.2) is 0 Å². The van der Waals surface area contributed by atoms with Gasteiger partial charge in [0.1, 0.15) is 5.58 Å². The Labute approximate surface area is 129 Å². The Morgan fingerprint density at radius 3 is 2.82 bits per heavy atom. The second-order valence-electron chi connectivity index (χ2n) is 4.60. The van der Waals surface area contributed by atoms with Crippen molar-refractivity contribution in [1.82, 2.24) is 5.43 Å². The zero-order valence-electron chi connectivity index (χ0n) is 11.7. The van der Waals surface area contributed by atoms with Gasteiger partial charge in [-0.3, -0.25) is 4.79 Å². The van der Waals surface area contributed by atoms with E-state index in [2.05, 4.69) is 10.5 Å². The first-order chi connectivity index (χ1) is 10.6. The number of carbonyl (C=O) groups excluding carboxylic acids is 1. The van der Waals surface area contributed by atoms with Crippen LogP contribution in [0.5, 0.6) is 0 Å². The van der Waals surface area contributed by atoms with Gasteiger partial charge < -0.3 is 4.42 Å². The zero-order valence-corrected chi connectivity index (χ0v) is 12.5. The first-order valence-electron chi connectivity index (χ1n) is 6.56. The van der Waals surface area contributed by atoms with Gasteiger partial charge in [-0.25, -0.2) is 10.2 Å². The fraction of sp³-hybridized carbons (Fsp3) is 0.0625. The molecule has 0 unspecified atom stereocenters. The van der Waals surface area contributed by atoms with Gasteiger partial charge in [0, 0.05) is 5.39 Å². The average Bonchev–Trinajstić information content (AvgIpc) is 3.06. The molecular formula is C16H12N2O3S. The lowest BCUT2D eigenvalue weighted by atomic mass is 10.1. The number of nitrogens with one attached hydrogen (secondary N) is 1. The van der Waals surface area contributed by atoms with Crippen molar-refractivity contribution >= 4 is 33.9 Å². The lowest BCUT2D eigenvalue weighted by Crippen LogP contribution is -2.20. The predicted molar refractivity (Wildman–Crippen MR) is 86.5 cm³/mol. The molecule has 1 aromatic carbocycles. The molecule has 0 aliphatic heterocycles. The quantitative estimate of drug-likeness (QED) is 0.459. The number of carbonyl (C=O) groups is 1. The SMILES string of the molecule is C/C(=N/NC(=O)c1cccs1)c1cc2ccccc2oc1=O. The maximum atomic E-state index is 12.0. The average molecular weight is 312 g/mol. The number of amides is 1. The van der Waals surface area contributed by atoms with Gasteiger partial charge in [-0.2, -0.15) is 5.10 Å². The Morgan fingerprint density at radius 2 is 2.05 bits per heavy atom. The van der Waals surface area contributed by atoms with Crippen molar-refractivity contribution in [1.29, 1.82) is 0 Å². The summed E-state index contributed by atoms with van der Waals surface area (Å²) in [6.45, 7) is 1.65. The molecule has 0 bridgehead atoms. The lowest BCUT2D eigenvalue weighted by Gasteiger charge is -2.02. The molecule has 0 radical (unpaired) electrons. The highest BCUT2D eigenvalue weighted by Crippen LogP contribution is 2.13. The first kappa shape index (κ1) is 14.2. The first-order valence-corrected chi connectivity index (χ1v) is 7.44. The Balaban J connectivity index is 1.89. The van der Waals surface area contributed by atoms with E-state index < -0.39 is 5.63 Å². The molecule has 0 spiro atoms. The maximum Gasteiger partial charge on any atom is 0.345 e. The van der Waals surface area contributed by atoms with Crippen LogP contribution in [-0.4, -0.2) is 11.6 Å². The maximum absolute atomic E-state index is 12.0. The van der Waals surface area contributed by atoms with E-state index in [1.807, 2.05) is 17.5 Å². The largest absolute Gasteiger partial charge is 0.422 e. The van der Waals surface area contributed by atoms with Gasteiger partial charge in [-0.05, 0) is 30.5 Å². The summed E-state index contributed by atoms with van der Waals surface area (Å²) < 4.78 is 5.25. The van der Waals surface area contributed by atoms with Gasteiger partial charge in [-0.15, -0.1) is 11.3 Å². The number of hydrazone groups is 1. The Hall–Kier alpha value is -2.73. The minimum atomic E-state index is -0.481. The van der Waals surface area contributed by atoms with E-state index in [0.717, 1.165) is 5.39 Å². The summed E-state index contributed by atoms with van der Waals surface area (Å²) in [6, 6.07) is 12.4. The fourth-order valence-electron chi connectivity index (χ4n) is 1.97. The van der Waals surface area contributed by atoms with E-state index in [4.69, 9.17) is 4.42 Å². The van der Waals surface area contributed by atoms with Crippen LogP contribution >= 0.6 is 11.3 Å². The molecule has 0 saturated carbocycles. The minimum Gasteiger partial charge on any atom is -0.422 e. The third kappa shape index (κ3) is 2.82. The summed E-state index contributed by atoms with van der Waals surface area (Å²) in [5.41, 5.74) is 3.19. The smallest absolute Gasteiger partial charge is 0.345 e. The van der Waals surface area contributed by atoms with Crippen molar-refractivity contribution in [3.05, 3.63) is 68.7 Å². The lowest BCUT2D eigenvalue weighted by molar-refractivity contribution is 0.0959. The fourth-order valence-corrected chi connectivity index (χ4v) is 2.59. The van der Waals surface area contributed by atoms with Crippen LogP contribution in [0.1, 0.15) is 22.2 Å². The number of hydrogen-bond donors (Lipinski definition) is 1. The van der Waals surface area contributed by atoms with E-state index in [9.17, 15) is 9.59 Å². The van der Waals surface area contributed by atoms with Crippen LogP contribution in [0.3, 0.4) is 0 Å². The van der Waals surface area contributed by atoms with Crippen LogP contribution < -0.4 is 11.1 Å². The molecule has 0 aliphatic rings. The molecule has 1 N–H and O–H groups in total. The Bertz CT molecular complexity index is 911. The molecule has 3 rings (SSSR count). The van der Waals surface area contributed by atoms with Crippen LogP contribution in [0, 0.1) is 0 Å².